The molecule has 1 rings (SSSR count). The lowest BCUT2D eigenvalue weighted by atomic mass is 9.89. The van der Waals surface area contributed by atoms with Gasteiger partial charge in [0, 0.05) is 19.3 Å². The van der Waals surface area contributed by atoms with Gasteiger partial charge in [-0.15, -0.1) is 5.06 Å². The number of imide groups is 1. The van der Waals surface area contributed by atoms with Gasteiger partial charge in [0.2, 0.25) is 0 Å². The van der Waals surface area contributed by atoms with E-state index in [1.165, 1.54) is 44.9 Å². The molecule has 166 valence electrons. The second-order valence-corrected chi connectivity index (χ2v) is 7.99. The van der Waals surface area contributed by atoms with Crippen LogP contribution >= 0.6 is 0 Å². The first-order valence-corrected chi connectivity index (χ1v) is 11.3. The fourth-order valence-corrected chi connectivity index (χ4v) is 3.45. The van der Waals surface area contributed by atoms with Crippen molar-refractivity contribution < 1.29 is 24.0 Å². The third-order valence-corrected chi connectivity index (χ3v) is 5.61. The molecule has 1 saturated heterocycles. The molecule has 0 aliphatic carbocycles. The van der Waals surface area contributed by atoms with Gasteiger partial charge in [-0.3, -0.25) is 14.4 Å². The summed E-state index contributed by atoms with van der Waals surface area (Å²) in [6.45, 7) is 3.84. The molecule has 1 heterocycles. The maximum atomic E-state index is 12.5. The molecule has 1 atom stereocenters. The molecule has 2 amide bonds. The van der Waals surface area contributed by atoms with Gasteiger partial charge in [0.05, 0.1) is 0 Å². The highest BCUT2D eigenvalue weighted by atomic mass is 16.7. The van der Waals surface area contributed by atoms with E-state index in [0.29, 0.717) is 11.5 Å². The number of unbranched alkanes of at least 4 members (excludes halogenated alkanes) is 10. The lowest BCUT2D eigenvalue weighted by Gasteiger charge is -2.25. The lowest BCUT2D eigenvalue weighted by molar-refractivity contribution is -0.201. The Morgan fingerprint density at radius 2 is 1.31 bits per heavy atom. The van der Waals surface area contributed by atoms with E-state index in [1.807, 2.05) is 0 Å². The maximum absolute atomic E-state index is 12.5. The summed E-state index contributed by atoms with van der Waals surface area (Å²) in [6, 6.07) is 0. The van der Waals surface area contributed by atoms with Gasteiger partial charge in [-0.25, -0.2) is 4.79 Å². The third-order valence-electron chi connectivity index (χ3n) is 5.61. The summed E-state index contributed by atoms with van der Waals surface area (Å²) < 4.78 is 0. The largest absolute Gasteiger partial charge is 0.360 e. The van der Waals surface area contributed by atoms with Crippen LogP contribution in [0.3, 0.4) is 0 Å². The van der Waals surface area contributed by atoms with Gasteiger partial charge in [0.1, 0.15) is 0 Å². The van der Waals surface area contributed by atoms with Crippen molar-refractivity contribution in [2.24, 2.45) is 5.73 Å². The minimum Gasteiger partial charge on any atom is -0.328 e. The predicted octanol–water partition coefficient (Wildman–Crippen LogP) is 3.97. The molecule has 7 nitrogen and oxygen atoms in total. The highest BCUT2D eigenvalue weighted by Gasteiger charge is 2.44. The van der Waals surface area contributed by atoms with Crippen LogP contribution in [0.4, 0.5) is 0 Å². The molecule has 7 heteroatoms. The molecule has 0 saturated carbocycles. The monoisotopic (exact) mass is 410 g/mol. The lowest BCUT2D eigenvalue weighted by Crippen LogP contribution is -2.57. The van der Waals surface area contributed by atoms with Crippen molar-refractivity contribution >= 4 is 23.6 Å². The molecule has 0 bridgehead atoms. The van der Waals surface area contributed by atoms with Crippen LogP contribution in [0.2, 0.25) is 0 Å². The molecule has 2 N–H and O–H groups in total. The highest BCUT2D eigenvalue weighted by molar-refractivity contribution is 6.09. The van der Waals surface area contributed by atoms with Gasteiger partial charge in [0.15, 0.2) is 11.3 Å². The molecule has 1 aliphatic rings. The number of carbonyl (C=O) groups excluding carboxylic acids is 4. The van der Waals surface area contributed by atoms with Crippen LogP contribution in [0.25, 0.3) is 0 Å². The van der Waals surface area contributed by atoms with Crippen molar-refractivity contribution in [1.82, 2.24) is 5.06 Å². The predicted molar refractivity (Wildman–Crippen MR) is 110 cm³/mol. The number of carbonyl (C=O) groups is 4. The van der Waals surface area contributed by atoms with Gasteiger partial charge in [-0.05, 0) is 12.8 Å². The zero-order valence-corrected chi connectivity index (χ0v) is 18.2. The summed E-state index contributed by atoms with van der Waals surface area (Å²) in [6.07, 6.45) is 13.1. The Kier molecular flexibility index (Phi) is 11.7. The molecule has 1 aliphatic heterocycles. The van der Waals surface area contributed by atoms with Gasteiger partial charge in [0.25, 0.3) is 11.8 Å². The van der Waals surface area contributed by atoms with Crippen LogP contribution in [0, 0.1) is 0 Å². The summed E-state index contributed by atoms with van der Waals surface area (Å²) >= 11 is 0. The number of hydrogen-bond acceptors (Lipinski definition) is 6. The molecular weight excluding hydrogens is 372 g/mol. The summed E-state index contributed by atoms with van der Waals surface area (Å²) in [5.41, 5.74) is 4.19. The summed E-state index contributed by atoms with van der Waals surface area (Å²) in [4.78, 5) is 52.9. The van der Waals surface area contributed by atoms with Crippen LogP contribution < -0.4 is 5.73 Å². The third kappa shape index (κ3) is 8.25. The van der Waals surface area contributed by atoms with Crippen molar-refractivity contribution in [2.45, 2.75) is 116 Å². The Hall–Kier alpha value is -1.76. The molecule has 0 aromatic carbocycles. The number of hydroxylamine groups is 2. The Balaban J connectivity index is 2.25. The van der Waals surface area contributed by atoms with E-state index >= 15 is 0 Å². The molecule has 1 fully saturated rings. The maximum Gasteiger partial charge on any atom is 0.360 e. The molecule has 0 aromatic heterocycles. The zero-order valence-electron chi connectivity index (χ0n) is 18.2. The Labute approximate surface area is 174 Å². The minimum atomic E-state index is -1.82. The molecule has 1 unspecified atom stereocenters. The SMILES string of the molecule is CCCCCCCCCCCCCC(=O)C(N)(CC)C(=O)ON1C(=O)CCC1=O. The van der Waals surface area contributed by atoms with Crippen molar-refractivity contribution in [3.05, 3.63) is 0 Å². The van der Waals surface area contributed by atoms with Crippen LogP contribution in [0.15, 0.2) is 0 Å². The van der Waals surface area contributed by atoms with E-state index < -0.39 is 29.1 Å². The fourth-order valence-electron chi connectivity index (χ4n) is 3.45. The normalized spacial score (nSPS) is 16.2. The molecular formula is C22H38N2O5. The van der Waals surface area contributed by atoms with E-state index in [9.17, 15) is 19.2 Å². The number of Topliss-reactive ketones (excluding diaryl/α,β-unsaturated/α-hetero) is 1. The zero-order chi connectivity index (χ0) is 21.7. The molecule has 0 aromatic rings. The summed E-state index contributed by atoms with van der Waals surface area (Å²) in [5.74, 6) is -2.60. The number of nitrogens with two attached hydrogens (primary N) is 1. The number of rotatable bonds is 16. The second-order valence-electron chi connectivity index (χ2n) is 7.99. The first-order chi connectivity index (χ1) is 13.9. The van der Waals surface area contributed by atoms with Crippen molar-refractivity contribution in [3.63, 3.8) is 0 Å². The van der Waals surface area contributed by atoms with Gasteiger partial charge >= 0.3 is 5.97 Å². The average Bonchev–Trinajstić information content (AvgIpc) is 3.03. The van der Waals surface area contributed by atoms with Gasteiger partial charge in [-0.2, -0.15) is 0 Å². The van der Waals surface area contributed by atoms with E-state index in [-0.39, 0.29) is 25.7 Å². The van der Waals surface area contributed by atoms with Crippen LogP contribution in [0.5, 0.6) is 0 Å². The van der Waals surface area contributed by atoms with E-state index in [0.717, 1.165) is 19.3 Å². The average molecular weight is 411 g/mol. The second kappa shape index (κ2) is 13.5. The van der Waals surface area contributed by atoms with E-state index in [4.69, 9.17) is 10.6 Å². The van der Waals surface area contributed by atoms with Crippen molar-refractivity contribution in [2.75, 3.05) is 0 Å². The van der Waals surface area contributed by atoms with E-state index in [1.54, 1.807) is 6.92 Å². The van der Waals surface area contributed by atoms with Crippen LogP contribution in [-0.4, -0.2) is 34.2 Å². The number of nitrogens with zero attached hydrogens (tertiary/aromatic N) is 1. The van der Waals surface area contributed by atoms with Gasteiger partial charge in [-0.1, -0.05) is 78.1 Å². The van der Waals surface area contributed by atoms with Gasteiger partial charge < -0.3 is 10.6 Å². The van der Waals surface area contributed by atoms with Crippen LogP contribution in [0.1, 0.15) is 110 Å². The van der Waals surface area contributed by atoms with Crippen LogP contribution in [-0.2, 0) is 24.0 Å². The first kappa shape index (κ1) is 25.3. The fraction of sp³-hybridized carbons (Fsp3) is 0.818. The molecule has 0 spiro atoms. The number of ketones is 1. The highest BCUT2D eigenvalue weighted by Crippen LogP contribution is 2.20. The van der Waals surface area contributed by atoms with Crippen molar-refractivity contribution in [3.8, 4) is 0 Å². The minimum absolute atomic E-state index is 0.00248. The Morgan fingerprint density at radius 3 is 1.76 bits per heavy atom. The summed E-state index contributed by atoms with van der Waals surface area (Å²) in [7, 11) is 0. The van der Waals surface area contributed by atoms with Crippen molar-refractivity contribution in [1.29, 1.82) is 0 Å². The quantitative estimate of drug-likeness (QED) is 0.234. The smallest absolute Gasteiger partial charge is 0.328 e. The standard InChI is InChI=1S/C22H38N2O5/c1-3-5-6-7-8-9-10-11-12-13-14-15-18(25)22(23,4-2)21(28)29-24-19(26)16-17-20(24)27/h3-17,23H2,1-2H3. The summed E-state index contributed by atoms with van der Waals surface area (Å²) in [5, 5.41) is 0.440. The first-order valence-electron chi connectivity index (χ1n) is 11.3. The molecule has 0 radical (unpaired) electrons. The number of amides is 2. The Bertz CT molecular complexity index is 547. The number of hydrogen-bond donors (Lipinski definition) is 1. The topological polar surface area (TPSA) is 107 Å². The Morgan fingerprint density at radius 1 is 0.862 bits per heavy atom. The molecule has 29 heavy (non-hydrogen) atoms. The van der Waals surface area contributed by atoms with E-state index in [2.05, 4.69) is 6.92 Å².